The standard InChI is InChI=1S/C23H20N2O5/c26-17-12-10-15(11-13-17)14-20(23(29)30)25-22(28)18-8-4-5-9-19(18)24-21(27)16-6-2-1-3-7-16/h1-13,20,26H,14H2,(H,24,27)(H,25,28)(H,29,30)/p-1/t20-/m1/s1. The lowest BCUT2D eigenvalue weighted by atomic mass is 10.0. The van der Waals surface area contributed by atoms with Gasteiger partial charge in [-0.05, 0) is 48.4 Å². The maximum absolute atomic E-state index is 12.7. The van der Waals surface area contributed by atoms with Crippen LogP contribution in [0, 0.1) is 0 Å². The van der Waals surface area contributed by atoms with Crippen molar-refractivity contribution in [1.29, 1.82) is 0 Å². The number of para-hydroxylation sites is 1. The topological polar surface area (TPSA) is 119 Å². The average Bonchev–Trinajstić information content (AvgIpc) is 2.75. The van der Waals surface area contributed by atoms with Crippen LogP contribution < -0.4 is 15.7 Å². The van der Waals surface area contributed by atoms with Gasteiger partial charge in [-0.15, -0.1) is 0 Å². The third-order valence-corrected chi connectivity index (χ3v) is 4.42. The zero-order valence-corrected chi connectivity index (χ0v) is 15.9. The normalized spacial score (nSPS) is 11.3. The fourth-order valence-electron chi connectivity index (χ4n) is 2.87. The van der Waals surface area contributed by atoms with E-state index in [0.717, 1.165) is 0 Å². The minimum Gasteiger partial charge on any atom is -0.548 e. The highest BCUT2D eigenvalue weighted by Gasteiger charge is 2.19. The number of carbonyl (C=O) groups is 3. The molecule has 0 aromatic heterocycles. The van der Waals surface area contributed by atoms with Gasteiger partial charge in [0.2, 0.25) is 0 Å². The summed E-state index contributed by atoms with van der Waals surface area (Å²) in [6.45, 7) is 0. The number of carboxylic acid groups (broad SMARTS) is 1. The number of carboxylic acids is 1. The summed E-state index contributed by atoms with van der Waals surface area (Å²) in [6.07, 6.45) is -0.0209. The molecule has 30 heavy (non-hydrogen) atoms. The summed E-state index contributed by atoms with van der Waals surface area (Å²) in [5, 5.41) is 26.0. The molecule has 0 radical (unpaired) electrons. The summed E-state index contributed by atoms with van der Waals surface area (Å²) >= 11 is 0. The number of phenolic OH excluding ortho intramolecular Hbond substituents is 1. The first-order valence-electron chi connectivity index (χ1n) is 9.19. The molecule has 152 valence electrons. The Balaban J connectivity index is 1.76. The van der Waals surface area contributed by atoms with E-state index in [9.17, 15) is 24.6 Å². The van der Waals surface area contributed by atoms with Crippen molar-refractivity contribution in [2.45, 2.75) is 12.5 Å². The molecule has 0 heterocycles. The number of rotatable bonds is 7. The summed E-state index contributed by atoms with van der Waals surface area (Å²) in [7, 11) is 0. The molecule has 3 aromatic carbocycles. The van der Waals surface area contributed by atoms with E-state index >= 15 is 0 Å². The van der Waals surface area contributed by atoms with Gasteiger partial charge in [0, 0.05) is 5.56 Å². The molecule has 3 aromatic rings. The number of phenols is 1. The number of hydrogen-bond donors (Lipinski definition) is 3. The number of aliphatic carboxylic acids is 1. The first-order chi connectivity index (χ1) is 14.4. The van der Waals surface area contributed by atoms with Crippen molar-refractivity contribution in [2.24, 2.45) is 0 Å². The van der Waals surface area contributed by atoms with E-state index in [1.807, 2.05) is 0 Å². The van der Waals surface area contributed by atoms with Gasteiger partial charge in [-0.2, -0.15) is 0 Å². The van der Waals surface area contributed by atoms with Gasteiger partial charge in [0.25, 0.3) is 11.8 Å². The molecule has 0 saturated heterocycles. The minimum atomic E-state index is -1.44. The monoisotopic (exact) mass is 403 g/mol. The molecule has 0 aliphatic heterocycles. The molecule has 0 bridgehead atoms. The van der Waals surface area contributed by atoms with Gasteiger partial charge in [0.1, 0.15) is 5.75 Å². The summed E-state index contributed by atoms with van der Waals surface area (Å²) in [4.78, 5) is 36.7. The highest BCUT2D eigenvalue weighted by molar-refractivity contribution is 6.09. The van der Waals surface area contributed by atoms with Crippen molar-refractivity contribution < 1.29 is 24.6 Å². The number of carbonyl (C=O) groups excluding carboxylic acids is 3. The van der Waals surface area contributed by atoms with Crippen molar-refractivity contribution in [3.05, 3.63) is 95.6 Å². The molecule has 0 aliphatic rings. The van der Waals surface area contributed by atoms with Crippen LogP contribution in [0.4, 0.5) is 5.69 Å². The number of aromatic hydroxyl groups is 1. The second kappa shape index (κ2) is 9.38. The van der Waals surface area contributed by atoms with E-state index in [0.29, 0.717) is 11.1 Å². The Kier molecular flexibility index (Phi) is 6.44. The lowest BCUT2D eigenvalue weighted by Gasteiger charge is -2.21. The molecule has 2 amide bonds. The third-order valence-electron chi connectivity index (χ3n) is 4.42. The number of nitrogens with one attached hydrogen (secondary N) is 2. The number of anilines is 1. The molecule has 0 unspecified atom stereocenters. The number of benzene rings is 3. The molecule has 0 spiro atoms. The van der Waals surface area contributed by atoms with Crippen molar-refractivity contribution in [1.82, 2.24) is 5.32 Å². The van der Waals surface area contributed by atoms with Crippen molar-refractivity contribution in [3.8, 4) is 5.75 Å². The smallest absolute Gasteiger partial charge is 0.255 e. The van der Waals surface area contributed by atoms with Crippen LogP contribution in [0.5, 0.6) is 5.75 Å². The van der Waals surface area contributed by atoms with E-state index < -0.39 is 23.8 Å². The average molecular weight is 403 g/mol. The Morgan fingerprint density at radius 2 is 1.47 bits per heavy atom. The van der Waals surface area contributed by atoms with E-state index in [1.165, 1.54) is 18.2 Å². The van der Waals surface area contributed by atoms with E-state index in [4.69, 9.17) is 0 Å². The molecule has 0 saturated carbocycles. The molecule has 0 aliphatic carbocycles. The lowest BCUT2D eigenvalue weighted by molar-refractivity contribution is -0.308. The molecular formula is C23H19N2O5-. The fourth-order valence-corrected chi connectivity index (χ4v) is 2.87. The molecule has 3 N–H and O–H groups in total. The van der Waals surface area contributed by atoms with Gasteiger partial charge in [-0.25, -0.2) is 0 Å². The zero-order valence-electron chi connectivity index (χ0n) is 15.9. The van der Waals surface area contributed by atoms with Gasteiger partial charge in [0.15, 0.2) is 0 Å². The van der Waals surface area contributed by atoms with Crippen molar-refractivity contribution in [2.75, 3.05) is 5.32 Å². The first-order valence-corrected chi connectivity index (χ1v) is 9.19. The summed E-state index contributed by atoms with van der Waals surface area (Å²) in [6, 6.07) is 19.5. The number of hydrogen-bond acceptors (Lipinski definition) is 5. The highest BCUT2D eigenvalue weighted by Crippen LogP contribution is 2.17. The predicted octanol–water partition coefficient (Wildman–Crippen LogP) is 1.74. The molecule has 7 nitrogen and oxygen atoms in total. The predicted molar refractivity (Wildman–Crippen MR) is 109 cm³/mol. The van der Waals surface area contributed by atoms with Crippen LogP contribution in [0.1, 0.15) is 26.3 Å². The van der Waals surface area contributed by atoms with Crippen LogP contribution in [0.3, 0.4) is 0 Å². The Morgan fingerprint density at radius 1 is 0.833 bits per heavy atom. The summed E-state index contributed by atoms with van der Waals surface area (Å²) < 4.78 is 0. The summed E-state index contributed by atoms with van der Waals surface area (Å²) in [5.74, 6) is -2.44. The van der Waals surface area contributed by atoms with Gasteiger partial charge in [-0.1, -0.05) is 42.5 Å². The van der Waals surface area contributed by atoms with E-state index in [1.54, 1.807) is 60.7 Å². The Labute approximate surface area is 173 Å². The fraction of sp³-hybridized carbons (Fsp3) is 0.0870. The maximum Gasteiger partial charge on any atom is 0.255 e. The maximum atomic E-state index is 12.7. The van der Waals surface area contributed by atoms with E-state index in [-0.39, 0.29) is 23.4 Å². The molecule has 7 heteroatoms. The molecular weight excluding hydrogens is 384 g/mol. The quantitative estimate of drug-likeness (QED) is 0.555. The zero-order chi connectivity index (χ0) is 21.5. The SMILES string of the molecule is O=C(Nc1ccccc1C(=O)N[C@H](Cc1ccc(O)cc1)C(=O)[O-])c1ccccc1. The van der Waals surface area contributed by atoms with E-state index in [2.05, 4.69) is 10.6 Å². The van der Waals surface area contributed by atoms with Crippen molar-refractivity contribution in [3.63, 3.8) is 0 Å². The second-order valence-electron chi connectivity index (χ2n) is 6.58. The van der Waals surface area contributed by atoms with Crippen LogP contribution in [-0.2, 0) is 11.2 Å². The van der Waals surface area contributed by atoms with Crippen LogP contribution in [-0.4, -0.2) is 28.9 Å². The van der Waals surface area contributed by atoms with Gasteiger partial charge < -0.3 is 25.6 Å². The van der Waals surface area contributed by atoms with Crippen LogP contribution in [0.15, 0.2) is 78.9 Å². The van der Waals surface area contributed by atoms with Gasteiger partial charge >= 0.3 is 0 Å². The minimum absolute atomic E-state index is 0.0209. The van der Waals surface area contributed by atoms with Gasteiger partial charge in [0.05, 0.1) is 23.3 Å². The Morgan fingerprint density at radius 3 is 2.13 bits per heavy atom. The Bertz CT molecular complexity index is 1050. The lowest BCUT2D eigenvalue weighted by Crippen LogP contribution is -2.49. The largest absolute Gasteiger partial charge is 0.548 e. The molecule has 1 atom stereocenters. The third kappa shape index (κ3) is 5.23. The van der Waals surface area contributed by atoms with Crippen molar-refractivity contribution >= 4 is 23.5 Å². The van der Waals surface area contributed by atoms with Crippen LogP contribution in [0.25, 0.3) is 0 Å². The second-order valence-corrected chi connectivity index (χ2v) is 6.58. The highest BCUT2D eigenvalue weighted by atomic mass is 16.4. The Hall–Kier alpha value is -4.13. The van der Waals surface area contributed by atoms with Gasteiger partial charge in [-0.3, -0.25) is 9.59 Å². The first kappa shape index (κ1) is 20.6. The summed E-state index contributed by atoms with van der Waals surface area (Å²) in [5.41, 5.74) is 1.41. The molecule has 0 fully saturated rings. The number of amides is 2. The molecule has 3 rings (SSSR count). The van der Waals surface area contributed by atoms with Crippen LogP contribution >= 0.6 is 0 Å². The van der Waals surface area contributed by atoms with Crippen LogP contribution in [0.2, 0.25) is 0 Å².